The molecular formula is C9H14N2O4S. The van der Waals surface area contributed by atoms with Crippen molar-refractivity contribution in [1.29, 1.82) is 0 Å². The van der Waals surface area contributed by atoms with Gasteiger partial charge in [-0.2, -0.15) is 5.10 Å². The molecule has 0 unspecified atom stereocenters. The van der Waals surface area contributed by atoms with E-state index in [1.165, 1.54) is 17.8 Å². The highest BCUT2D eigenvalue weighted by Crippen LogP contribution is 2.13. The fourth-order valence-electron chi connectivity index (χ4n) is 1.32. The van der Waals surface area contributed by atoms with Crippen LogP contribution in [0.1, 0.15) is 29.9 Å². The Labute approximate surface area is 93.8 Å². The Hall–Kier alpha value is -1.37. The summed E-state index contributed by atoms with van der Waals surface area (Å²) in [4.78, 5) is 10.9. The molecule has 0 saturated carbocycles. The van der Waals surface area contributed by atoms with Gasteiger partial charge in [0.05, 0.1) is 17.6 Å². The average Bonchev–Trinajstić information content (AvgIpc) is 2.60. The van der Waals surface area contributed by atoms with Gasteiger partial charge in [-0.05, 0) is 6.92 Å². The smallest absolute Gasteiger partial charge is 0.339 e. The van der Waals surface area contributed by atoms with Gasteiger partial charge in [0.2, 0.25) is 0 Å². The van der Waals surface area contributed by atoms with Crippen LogP contribution in [0.4, 0.5) is 0 Å². The number of carboxylic acid groups (broad SMARTS) is 1. The van der Waals surface area contributed by atoms with E-state index in [2.05, 4.69) is 5.10 Å². The number of aromatic carboxylic acids is 1. The van der Waals surface area contributed by atoms with Crippen LogP contribution in [0, 0.1) is 0 Å². The van der Waals surface area contributed by atoms with Crippen molar-refractivity contribution in [1.82, 2.24) is 9.78 Å². The molecular weight excluding hydrogens is 232 g/mol. The lowest BCUT2D eigenvalue weighted by Crippen LogP contribution is -2.14. The molecule has 0 saturated heterocycles. The summed E-state index contributed by atoms with van der Waals surface area (Å²) >= 11 is 0. The fourth-order valence-corrected chi connectivity index (χ4v) is 2.25. The lowest BCUT2D eigenvalue weighted by Gasteiger charge is -2.05. The zero-order valence-corrected chi connectivity index (χ0v) is 9.99. The molecule has 0 fully saturated rings. The van der Waals surface area contributed by atoms with Crippen molar-refractivity contribution in [3.63, 3.8) is 0 Å². The minimum atomic E-state index is -3.26. The number of carboxylic acids is 1. The van der Waals surface area contributed by atoms with E-state index in [1.807, 2.05) is 0 Å². The molecule has 7 heteroatoms. The van der Waals surface area contributed by atoms with Gasteiger partial charge < -0.3 is 5.11 Å². The zero-order chi connectivity index (χ0) is 12.3. The molecule has 1 heterocycles. The number of hydrogen-bond acceptors (Lipinski definition) is 4. The molecule has 0 aliphatic rings. The summed E-state index contributed by atoms with van der Waals surface area (Å²) in [6.07, 6.45) is 1.19. The maximum atomic E-state index is 11.5. The number of hydrogen-bond donors (Lipinski definition) is 1. The highest BCUT2D eigenvalue weighted by Gasteiger charge is 2.20. The normalized spacial score (nSPS) is 11.6. The zero-order valence-electron chi connectivity index (χ0n) is 9.17. The highest BCUT2D eigenvalue weighted by molar-refractivity contribution is 7.90. The number of aromatic nitrogens is 2. The van der Waals surface area contributed by atoms with Gasteiger partial charge in [0.15, 0.2) is 9.84 Å². The van der Waals surface area contributed by atoms with Crippen molar-refractivity contribution >= 4 is 15.8 Å². The summed E-state index contributed by atoms with van der Waals surface area (Å²) in [6, 6.07) is 0. The summed E-state index contributed by atoms with van der Waals surface area (Å²) in [5.41, 5.74) is 0.204. The van der Waals surface area contributed by atoms with E-state index in [9.17, 15) is 13.2 Å². The molecule has 0 atom stereocenters. The Morgan fingerprint density at radius 1 is 1.50 bits per heavy atom. The Bertz CT molecular complexity index is 490. The largest absolute Gasteiger partial charge is 0.478 e. The van der Waals surface area contributed by atoms with E-state index < -0.39 is 15.8 Å². The van der Waals surface area contributed by atoms with E-state index in [4.69, 9.17) is 5.11 Å². The Morgan fingerprint density at radius 2 is 2.12 bits per heavy atom. The molecule has 0 bridgehead atoms. The lowest BCUT2D eigenvalue weighted by atomic mass is 10.3. The van der Waals surface area contributed by atoms with Gasteiger partial charge in [-0.3, -0.25) is 4.68 Å². The molecule has 1 N–H and O–H groups in total. The first kappa shape index (κ1) is 12.7. The average molecular weight is 246 g/mol. The van der Waals surface area contributed by atoms with Crippen LogP contribution in [0.2, 0.25) is 0 Å². The number of carbonyl (C=O) groups is 1. The van der Waals surface area contributed by atoms with Crippen LogP contribution in [0.3, 0.4) is 0 Å². The number of sulfone groups is 1. The maximum Gasteiger partial charge on any atom is 0.339 e. The Kier molecular flexibility index (Phi) is 3.69. The maximum absolute atomic E-state index is 11.5. The van der Waals surface area contributed by atoms with Crippen molar-refractivity contribution in [3.05, 3.63) is 17.5 Å². The topological polar surface area (TPSA) is 89.3 Å². The summed E-state index contributed by atoms with van der Waals surface area (Å²) in [7, 11) is -3.26. The van der Waals surface area contributed by atoms with E-state index in [0.29, 0.717) is 6.54 Å². The van der Waals surface area contributed by atoms with Crippen LogP contribution in [-0.4, -0.2) is 35.0 Å². The Morgan fingerprint density at radius 3 is 2.56 bits per heavy atom. The molecule has 0 radical (unpaired) electrons. The molecule has 16 heavy (non-hydrogen) atoms. The third kappa shape index (κ3) is 2.60. The second-order valence-electron chi connectivity index (χ2n) is 3.30. The second kappa shape index (κ2) is 4.65. The van der Waals surface area contributed by atoms with Crippen LogP contribution < -0.4 is 0 Å². The van der Waals surface area contributed by atoms with Crippen molar-refractivity contribution in [3.8, 4) is 0 Å². The SMILES string of the molecule is CCn1ncc(C(=O)O)c1CS(=O)(=O)CC. The predicted octanol–water partition coefficient (Wildman–Crippen LogP) is 0.536. The Balaban J connectivity index is 3.19. The van der Waals surface area contributed by atoms with E-state index in [1.54, 1.807) is 6.92 Å². The first-order chi connectivity index (χ1) is 7.41. The first-order valence-electron chi connectivity index (χ1n) is 4.89. The molecule has 0 amide bonds. The van der Waals surface area contributed by atoms with Crippen LogP contribution in [0.15, 0.2) is 6.20 Å². The van der Waals surface area contributed by atoms with Crippen molar-refractivity contribution in [2.24, 2.45) is 0 Å². The molecule has 1 rings (SSSR count). The number of rotatable bonds is 5. The van der Waals surface area contributed by atoms with Gasteiger partial charge in [-0.25, -0.2) is 13.2 Å². The summed E-state index contributed by atoms with van der Waals surface area (Å²) in [5, 5.41) is 12.7. The minimum Gasteiger partial charge on any atom is -0.478 e. The van der Waals surface area contributed by atoms with Crippen molar-refractivity contribution in [2.75, 3.05) is 5.75 Å². The quantitative estimate of drug-likeness (QED) is 0.818. The van der Waals surface area contributed by atoms with Gasteiger partial charge in [0.1, 0.15) is 5.56 Å². The summed E-state index contributed by atoms with van der Waals surface area (Å²) in [6.45, 7) is 3.75. The van der Waals surface area contributed by atoms with E-state index in [-0.39, 0.29) is 22.8 Å². The van der Waals surface area contributed by atoms with Gasteiger partial charge in [0, 0.05) is 12.3 Å². The van der Waals surface area contributed by atoms with Gasteiger partial charge >= 0.3 is 5.97 Å². The van der Waals surface area contributed by atoms with Gasteiger partial charge in [0.25, 0.3) is 0 Å². The third-order valence-corrected chi connectivity index (χ3v) is 3.87. The second-order valence-corrected chi connectivity index (χ2v) is 5.66. The summed E-state index contributed by atoms with van der Waals surface area (Å²) < 4.78 is 24.4. The minimum absolute atomic E-state index is 0.0129. The van der Waals surface area contributed by atoms with Crippen LogP contribution >= 0.6 is 0 Å². The van der Waals surface area contributed by atoms with Gasteiger partial charge in [-0.1, -0.05) is 6.92 Å². The van der Waals surface area contributed by atoms with Crippen LogP contribution in [-0.2, 0) is 22.1 Å². The highest BCUT2D eigenvalue weighted by atomic mass is 32.2. The number of aryl methyl sites for hydroxylation is 1. The fraction of sp³-hybridized carbons (Fsp3) is 0.556. The van der Waals surface area contributed by atoms with Crippen LogP contribution in [0.5, 0.6) is 0 Å². The monoisotopic (exact) mass is 246 g/mol. The van der Waals surface area contributed by atoms with Crippen molar-refractivity contribution in [2.45, 2.75) is 26.1 Å². The molecule has 0 aliphatic carbocycles. The lowest BCUT2D eigenvalue weighted by molar-refractivity contribution is 0.0696. The van der Waals surface area contributed by atoms with Crippen LogP contribution in [0.25, 0.3) is 0 Å². The van der Waals surface area contributed by atoms with E-state index >= 15 is 0 Å². The molecule has 0 aromatic carbocycles. The van der Waals surface area contributed by atoms with Crippen molar-refractivity contribution < 1.29 is 18.3 Å². The third-order valence-electron chi connectivity index (χ3n) is 2.28. The predicted molar refractivity (Wildman–Crippen MR) is 58.0 cm³/mol. The molecule has 6 nitrogen and oxygen atoms in total. The van der Waals surface area contributed by atoms with Gasteiger partial charge in [-0.15, -0.1) is 0 Å². The molecule has 90 valence electrons. The molecule has 0 spiro atoms. The van der Waals surface area contributed by atoms with E-state index in [0.717, 1.165) is 0 Å². The number of nitrogens with zero attached hydrogens (tertiary/aromatic N) is 2. The molecule has 1 aromatic heterocycles. The molecule has 0 aliphatic heterocycles. The first-order valence-corrected chi connectivity index (χ1v) is 6.71. The molecule has 1 aromatic rings. The summed E-state index contributed by atoms with van der Waals surface area (Å²) in [5.74, 6) is -1.44. The standard InChI is InChI=1S/C9H14N2O4S/c1-3-11-8(6-16(14,15)4-2)7(5-10-11)9(12)13/h5H,3-4,6H2,1-2H3,(H,12,13).